The van der Waals surface area contributed by atoms with E-state index >= 15 is 0 Å². The fourth-order valence-electron chi connectivity index (χ4n) is 2.37. The molecule has 3 rings (SSSR count). The largest absolute Gasteiger partial charge is 0.379 e. The highest BCUT2D eigenvalue weighted by atomic mass is 16.7. The molecule has 0 radical (unpaired) electrons. The average molecular weight is 301 g/mol. The number of hydrogen-bond donors (Lipinski definition) is 0. The Morgan fingerprint density at radius 1 is 1.18 bits per heavy atom. The Morgan fingerprint density at radius 2 is 1.91 bits per heavy atom. The monoisotopic (exact) mass is 301 g/mol. The van der Waals surface area contributed by atoms with Crippen molar-refractivity contribution in [3.8, 4) is 0 Å². The second-order valence-corrected chi connectivity index (χ2v) is 5.23. The van der Waals surface area contributed by atoms with E-state index in [0.29, 0.717) is 25.6 Å². The van der Waals surface area contributed by atoms with Crippen molar-refractivity contribution < 1.29 is 9.63 Å². The van der Waals surface area contributed by atoms with Gasteiger partial charge in [-0.3, -0.25) is 9.69 Å². The minimum absolute atomic E-state index is 0.0908. The second kappa shape index (κ2) is 6.57. The molecule has 7 heteroatoms. The highest BCUT2D eigenvalue weighted by Crippen LogP contribution is 2.08. The summed E-state index contributed by atoms with van der Waals surface area (Å²) in [7, 11) is 0. The third-order valence-electron chi connectivity index (χ3n) is 3.64. The lowest BCUT2D eigenvalue weighted by Gasteiger charge is -2.34. The minimum atomic E-state index is 0.0908. The van der Waals surface area contributed by atoms with Crippen molar-refractivity contribution in [1.82, 2.24) is 24.7 Å². The van der Waals surface area contributed by atoms with Gasteiger partial charge >= 0.3 is 0 Å². The number of carbonyl (C=O) groups excluding carboxylic acids is 1. The molecular formula is C15H19N5O2. The second-order valence-electron chi connectivity index (χ2n) is 5.23. The van der Waals surface area contributed by atoms with E-state index in [4.69, 9.17) is 4.84 Å². The van der Waals surface area contributed by atoms with E-state index < -0.39 is 0 Å². The van der Waals surface area contributed by atoms with Gasteiger partial charge in [-0.2, -0.15) is 0 Å². The van der Waals surface area contributed by atoms with Gasteiger partial charge in [-0.05, 0) is 19.1 Å². The maximum atomic E-state index is 12.3. The molecule has 0 aliphatic carbocycles. The average Bonchev–Trinajstić information content (AvgIpc) is 2.99. The molecule has 0 bridgehead atoms. The van der Waals surface area contributed by atoms with Crippen LogP contribution in [-0.4, -0.2) is 63.5 Å². The van der Waals surface area contributed by atoms with Crippen LogP contribution in [0, 0.1) is 6.92 Å². The van der Waals surface area contributed by atoms with Crippen LogP contribution in [0.3, 0.4) is 0 Å². The molecule has 1 aromatic carbocycles. The minimum Gasteiger partial charge on any atom is -0.379 e. The van der Waals surface area contributed by atoms with Crippen LogP contribution in [0.15, 0.2) is 36.7 Å². The number of aromatic nitrogens is 3. The highest BCUT2D eigenvalue weighted by Gasteiger charge is 2.22. The van der Waals surface area contributed by atoms with Crippen LogP contribution < -0.4 is 4.84 Å². The molecule has 0 unspecified atom stereocenters. The first kappa shape index (κ1) is 14.5. The SMILES string of the molecule is Cc1ncn(OCN2CCN(C(=O)c3ccccc3)CC2)n1. The van der Waals surface area contributed by atoms with Crippen LogP contribution >= 0.6 is 0 Å². The number of aryl methyl sites for hydroxylation is 1. The zero-order chi connectivity index (χ0) is 15.4. The van der Waals surface area contributed by atoms with E-state index in [0.717, 1.165) is 18.7 Å². The van der Waals surface area contributed by atoms with Crippen molar-refractivity contribution in [3.05, 3.63) is 48.0 Å². The molecule has 0 atom stereocenters. The van der Waals surface area contributed by atoms with Gasteiger partial charge in [0.05, 0.1) is 0 Å². The van der Waals surface area contributed by atoms with Crippen LogP contribution in [0.1, 0.15) is 16.2 Å². The Kier molecular flexibility index (Phi) is 4.34. The van der Waals surface area contributed by atoms with Gasteiger partial charge in [0.25, 0.3) is 5.91 Å². The molecule has 1 fully saturated rings. The van der Waals surface area contributed by atoms with Crippen molar-refractivity contribution in [2.75, 3.05) is 32.9 Å². The third kappa shape index (κ3) is 3.43. The van der Waals surface area contributed by atoms with Gasteiger partial charge in [0, 0.05) is 31.7 Å². The summed E-state index contributed by atoms with van der Waals surface area (Å²) in [5.41, 5.74) is 0.741. The molecule has 0 saturated carbocycles. The first-order valence-corrected chi connectivity index (χ1v) is 7.30. The molecule has 0 N–H and O–H groups in total. The van der Waals surface area contributed by atoms with Gasteiger partial charge in [-0.15, -0.1) is 5.10 Å². The summed E-state index contributed by atoms with van der Waals surface area (Å²) >= 11 is 0. The predicted molar refractivity (Wildman–Crippen MR) is 80.1 cm³/mol. The lowest BCUT2D eigenvalue weighted by molar-refractivity contribution is -0.0178. The Bertz CT molecular complexity index is 620. The fraction of sp³-hybridized carbons (Fsp3) is 0.400. The lowest BCUT2D eigenvalue weighted by atomic mass is 10.2. The quantitative estimate of drug-likeness (QED) is 0.819. The molecule has 2 heterocycles. The van der Waals surface area contributed by atoms with Gasteiger partial charge in [0.15, 0.2) is 18.9 Å². The summed E-state index contributed by atoms with van der Waals surface area (Å²) in [5, 5.41) is 4.07. The fourth-order valence-corrected chi connectivity index (χ4v) is 2.37. The normalized spacial score (nSPS) is 15.8. The van der Waals surface area contributed by atoms with Gasteiger partial charge < -0.3 is 9.74 Å². The van der Waals surface area contributed by atoms with Gasteiger partial charge in [-0.1, -0.05) is 23.0 Å². The smallest absolute Gasteiger partial charge is 0.253 e. The summed E-state index contributed by atoms with van der Waals surface area (Å²) in [4.78, 5) is 27.3. The molecule has 0 spiro atoms. The van der Waals surface area contributed by atoms with Crippen molar-refractivity contribution in [3.63, 3.8) is 0 Å². The Labute approximate surface area is 129 Å². The van der Waals surface area contributed by atoms with Gasteiger partial charge in [0.2, 0.25) is 0 Å². The van der Waals surface area contributed by atoms with Gasteiger partial charge in [-0.25, -0.2) is 4.98 Å². The summed E-state index contributed by atoms with van der Waals surface area (Å²) in [6.07, 6.45) is 1.55. The van der Waals surface area contributed by atoms with Crippen LogP contribution in [0.2, 0.25) is 0 Å². The maximum absolute atomic E-state index is 12.3. The third-order valence-corrected chi connectivity index (χ3v) is 3.64. The van der Waals surface area contributed by atoms with Crippen LogP contribution in [0.4, 0.5) is 0 Å². The molecule has 1 aliphatic rings. The van der Waals surface area contributed by atoms with E-state index in [9.17, 15) is 4.79 Å². The summed E-state index contributed by atoms with van der Waals surface area (Å²) in [6.45, 7) is 5.23. The molecule has 1 aliphatic heterocycles. The predicted octanol–water partition coefficient (Wildman–Crippen LogP) is 0.431. The first-order chi connectivity index (χ1) is 10.7. The lowest BCUT2D eigenvalue weighted by Crippen LogP contribution is -2.50. The maximum Gasteiger partial charge on any atom is 0.253 e. The molecule has 1 saturated heterocycles. The zero-order valence-corrected chi connectivity index (χ0v) is 12.6. The number of amides is 1. The van der Waals surface area contributed by atoms with E-state index in [1.807, 2.05) is 42.2 Å². The van der Waals surface area contributed by atoms with E-state index in [1.165, 1.54) is 4.85 Å². The number of carbonyl (C=O) groups is 1. The van der Waals surface area contributed by atoms with Crippen LogP contribution in [0.25, 0.3) is 0 Å². The zero-order valence-electron chi connectivity index (χ0n) is 12.6. The number of benzene rings is 1. The van der Waals surface area contributed by atoms with Crippen LogP contribution in [0.5, 0.6) is 0 Å². The summed E-state index contributed by atoms with van der Waals surface area (Å²) in [6, 6.07) is 9.39. The van der Waals surface area contributed by atoms with E-state index in [1.54, 1.807) is 6.33 Å². The number of rotatable bonds is 4. The van der Waals surface area contributed by atoms with Crippen molar-refractivity contribution in [1.29, 1.82) is 0 Å². The van der Waals surface area contributed by atoms with E-state index in [2.05, 4.69) is 15.0 Å². The van der Waals surface area contributed by atoms with Crippen molar-refractivity contribution >= 4 is 5.91 Å². The van der Waals surface area contributed by atoms with Crippen LogP contribution in [-0.2, 0) is 0 Å². The molecular weight excluding hydrogens is 282 g/mol. The Hall–Kier alpha value is -2.41. The Balaban J connectivity index is 1.47. The van der Waals surface area contributed by atoms with Gasteiger partial charge in [0.1, 0.15) is 0 Å². The molecule has 22 heavy (non-hydrogen) atoms. The summed E-state index contributed by atoms with van der Waals surface area (Å²) < 4.78 is 0. The molecule has 1 amide bonds. The topological polar surface area (TPSA) is 63.5 Å². The molecule has 116 valence electrons. The number of piperazine rings is 1. The summed E-state index contributed by atoms with van der Waals surface area (Å²) in [5.74, 6) is 0.770. The highest BCUT2D eigenvalue weighted by molar-refractivity contribution is 5.94. The molecule has 7 nitrogen and oxygen atoms in total. The first-order valence-electron chi connectivity index (χ1n) is 7.30. The van der Waals surface area contributed by atoms with Crippen molar-refractivity contribution in [2.45, 2.75) is 6.92 Å². The molecule has 1 aromatic heterocycles. The standard InChI is InChI=1S/C15H19N5O2/c1-13-16-11-20(17-13)22-12-18-7-9-19(10-8-18)15(21)14-5-3-2-4-6-14/h2-6,11H,7-10,12H2,1H3. The van der Waals surface area contributed by atoms with Crippen molar-refractivity contribution in [2.24, 2.45) is 0 Å². The number of hydrogen-bond acceptors (Lipinski definition) is 5. The number of nitrogens with zero attached hydrogens (tertiary/aromatic N) is 5. The Morgan fingerprint density at radius 3 is 2.55 bits per heavy atom. The van der Waals surface area contributed by atoms with E-state index in [-0.39, 0.29) is 5.91 Å². The molecule has 2 aromatic rings.